The van der Waals surface area contributed by atoms with Crippen LogP contribution >= 0.6 is 15.9 Å². The number of ether oxygens (including phenoxy) is 2. The number of esters is 1. The molecule has 1 aromatic heterocycles. The van der Waals surface area contributed by atoms with Gasteiger partial charge in [-0.25, -0.2) is 9.59 Å². The summed E-state index contributed by atoms with van der Waals surface area (Å²) in [7, 11) is 1.33. The van der Waals surface area contributed by atoms with Crippen molar-refractivity contribution in [3.63, 3.8) is 0 Å². The number of aromatic nitrogens is 1. The number of hydrogen-bond donors (Lipinski definition) is 3. The third kappa shape index (κ3) is 7.54. The maximum atomic E-state index is 12.3. The minimum absolute atomic E-state index is 0.310. The van der Waals surface area contributed by atoms with Gasteiger partial charge in [0.2, 0.25) is 0 Å². The van der Waals surface area contributed by atoms with E-state index in [9.17, 15) is 14.4 Å². The van der Waals surface area contributed by atoms with Crippen LogP contribution in [0.5, 0.6) is 0 Å². The molecule has 9 nitrogen and oxygen atoms in total. The molecule has 3 rings (SSSR count). The molecule has 0 fully saturated rings. The zero-order valence-electron chi connectivity index (χ0n) is 19.2. The summed E-state index contributed by atoms with van der Waals surface area (Å²) < 4.78 is 10.8. The van der Waals surface area contributed by atoms with Crippen molar-refractivity contribution in [1.82, 2.24) is 10.3 Å². The number of nitrogens with zero attached hydrogens (tertiary/aromatic N) is 1. The van der Waals surface area contributed by atoms with Gasteiger partial charge >= 0.3 is 12.1 Å². The molecular weight excluding hydrogens is 516 g/mol. The van der Waals surface area contributed by atoms with Gasteiger partial charge < -0.3 is 25.4 Å². The highest BCUT2D eigenvalue weighted by Crippen LogP contribution is 2.28. The molecule has 0 spiro atoms. The number of nitrogens with one attached hydrogen (secondary N) is 3. The first-order valence-corrected chi connectivity index (χ1v) is 11.5. The molecule has 1 atom stereocenters. The van der Waals surface area contributed by atoms with Crippen molar-refractivity contribution in [3.05, 3.63) is 88.2 Å². The SMILES string of the molecule is COC(=O)c1ccc(NCCNC(=O)OC(C)c2ccc(NC(=O)c3ccccn3)c(Br)c2)cc1. The molecule has 182 valence electrons. The number of carbonyl (C=O) groups is 3. The Bertz CT molecular complexity index is 1170. The Kier molecular flexibility index (Phi) is 9.19. The maximum Gasteiger partial charge on any atom is 0.407 e. The number of methoxy groups -OCH3 is 1. The third-order valence-corrected chi connectivity index (χ3v) is 5.58. The van der Waals surface area contributed by atoms with E-state index in [0.29, 0.717) is 34.5 Å². The molecule has 1 unspecified atom stereocenters. The Morgan fingerprint density at radius 3 is 2.46 bits per heavy atom. The smallest absolute Gasteiger partial charge is 0.407 e. The molecule has 0 aliphatic heterocycles. The number of halogens is 1. The first-order valence-electron chi connectivity index (χ1n) is 10.8. The first kappa shape index (κ1) is 25.7. The summed E-state index contributed by atoms with van der Waals surface area (Å²) >= 11 is 3.45. The van der Waals surface area contributed by atoms with E-state index < -0.39 is 18.2 Å². The summed E-state index contributed by atoms with van der Waals surface area (Å²) in [6.07, 6.45) is 0.492. The van der Waals surface area contributed by atoms with Gasteiger partial charge in [-0.05, 0) is 76.9 Å². The highest BCUT2D eigenvalue weighted by molar-refractivity contribution is 9.10. The Labute approximate surface area is 211 Å². The van der Waals surface area contributed by atoms with E-state index in [1.807, 2.05) is 0 Å². The lowest BCUT2D eigenvalue weighted by Crippen LogP contribution is -2.30. The third-order valence-electron chi connectivity index (χ3n) is 4.92. The molecule has 2 aromatic carbocycles. The van der Waals surface area contributed by atoms with E-state index in [0.717, 1.165) is 11.3 Å². The van der Waals surface area contributed by atoms with Crippen LogP contribution in [0.3, 0.4) is 0 Å². The van der Waals surface area contributed by atoms with Crippen molar-refractivity contribution in [1.29, 1.82) is 0 Å². The molecule has 35 heavy (non-hydrogen) atoms. The predicted octanol–water partition coefficient (Wildman–Crippen LogP) is 4.78. The van der Waals surface area contributed by atoms with Crippen LogP contribution in [0.4, 0.5) is 16.2 Å². The minimum Gasteiger partial charge on any atom is -0.465 e. The lowest BCUT2D eigenvalue weighted by Gasteiger charge is -2.16. The largest absolute Gasteiger partial charge is 0.465 e. The predicted molar refractivity (Wildman–Crippen MR) is 136 cm³/mol. The Morgan fingerprint density at radius 2 is 1.80 bits per heavy atom. The Morgan fingerprint density at radius 1 is 1.03 bits per heavy atom. The summed E-state index contributed by atoms with van der Waals surface area (Å²) in [5.74, 6) is -0.721. The molecule has 0 aliphatic carbocycles. The zero-order valence-corrected chi connectivity index (χ0v) is 20.8. The van der Waals surface area contributed by atoms with Crippen molar-refractivity contribution >= 4 is 45.3 Å². The second kappa shape index (κ2) is 12.5. The van der Waals surface area contributed by atoms with Gasteiger partial charge in [0, 0.05) is 29.4 Å². The van der Waals surface area contributed by atoms with E-state index in [1.54, 1.807) is 73.8 Å². The summed E-state index contributed by atoms with van der Waals surface area (Å²) in [5.41, 5.74) is 2.91. The van der Waals surface area contributed by atoms with Crippen LogP contribution < -0.4 is 16.0 Å². The van der Waals surface area contributed by atoms with Gasteiger partial charge in [-0.1, -0.05) is 12.1 Å². The van der Waals surface area contributed by atoms with E-state index >= 15 is 0 Å². The lowest BCUT2D eigenvalue weighted by atomic mass is 10.1. The highest BCUT2D eigenvalue weighted by atomic mass is 79.9. The number of anilines is 2. The first-order chi connectivity index (χ1) is 16.9. The van der Waals surface area contributed by atoms with Crippen LogP contribution in [-0.4, -0.2) is 43.2 Å². The van der Waals surface area contributed by atoms with Crippen molar-refractivity contribution in [2.75, 3.05) is 30.8 Å². The topological polar surface area (TPSA) is 119 Å². The number of carbonyl (C=O) groups excluding carboxylic acids is 3. The lowest BCUT2D eigenvalue weighted by molar-refractivity contribution is 0.0600. The van der Waals surface area contributed by atoms with Crippen molar-refractivity contribution < 1.29 is 23.9 Å². The van der Waals surface area contributed by atoms with E-state index in [1.165, 1.54) is 7.11 Å². The fourth-order valence-electron chi connectivity index (χ4n) is 3.05. The van der Waals surface area contributed by atoms with Crippen LogP contribution in [0.25, 0.3) is 0 Å². The van der Waals surface area contributed by atoms with E-state index in [4.69, 9.17) is 4.74 Å². The van der Waals surface area contributed by atoms with Crippen LogP contribution in [0, 0.1) is 0 Å². The van der Waals surface area contributed by atoms with Crippen LogP contribution in [-0.2, 0) is 9.47 Å². The molecule has 1 heterocycles. The number of rotatable bonds is 9. The summed E-state index contributed by atoms with van der Waals surface area (Å²) in [4.78, 5) is 39.9. The maximum absolute atomic E-state index is 12.3. The van der Waals surface area contributed by atoms with Crippen LogP contribution in [0.15, 0.2) is 71.3 Å². The summed E-state index contributed by atoms with van der Waals surface area (Å²) in [6.45, 7) is 2.57. The standard InChI is InChI=1S/C25H25BrN4O5/c1-16(18-8-11-21(20(26)15-18)30-23(31)22-5-3-4-12-28-22)35-25(33)29-14-13-27-19-9-6-17(7-10-19)24(32)34-2/h3-12,15-16,27H,13-14H2,1-2H3,(H,29,33)(H,30,31). The van der Waals surface area contributed by atoms with Crippen LogP contribution in [0.1, 0.15) is 39.4 Å². The average molecular weight is 541 g/mol. The number of benzene rings is 2. The molecule has 2 amide bonds. The fraction of sp³-hybridized carbons (Fsp3) is 0.200. The molecule has 3 aromatic rings. The van der Waals surface area contributed by atoms with Gasteiger partial charge in [0.05, 0.1) is 18.4 Å². The quantitative estimate of drug-likeness (QED) is 0.264. The molecule has 3 N–H and O–H groups in total. The molecule has 0 radical (unpaired) electrons. The second-order valence-electron chi connectivity index (χ2n) is 7.38. The molecule has 0 bridgehead atoms. The zero-order chi connectivity index (χ0) is 25.2. The van der Waals surface area contributed by atoms with E-state index in [2.05, 4.69) is 41.6 Å². The highest BCUT2D eigenvalue weighted by Gasteiger charge is 2.15. The van der Waals surface area contributed by atoms with Crippen molar-refractivity contribution in [2.24, 2.45) is 0 Å². The molecule has 0 saturated carbocycles. The molecule has 10 heteroatoms. The molecule has 0 saturated heterocycles. The molecule has 0 aliphatic rings. The second-order valence-corrected chi connectivity index (χ2v) is 8.23. The van der Waals surface area contributed by atoms with Gasteiger partial charge in [0.1, 0.15) is 11.8 Å². The van der Waals surface area contributed by atoms with Gasteiger partial charge in [0.15, 0.2) is 0 Å². The minimum atomic E-state index is -0.552. The van der Waals surface area contributed by atoms with Crippen LogP contribution in [0.2, 0.25) is 0 Å². The number of pyridine rings is 1. The Hall–Kier alpha value is -3.92. The van der Waals surface area contributed by atoms with Gasteiger partial charge in [-0.2, -0.15) is 0 Å². The summed E-state index contributed by atoms with van der Waals surface area (Å²) in [6, 6.07) is 17.2. The van der Waals surface area contributed by atoms with Crippen molar-refractivity contribution in [2.45, 2.75) is 13.0 Å². The number of alkyl carbamates (subject to hydrolysis) is 1. The monoisotopic (exact) mass is 540 g/mol. The normalized spacial score (nSPS) is 11.2. The Balaban J connectivity index is 1.43. The number of amides is 2. The fourth-order valence-corrected chi connectivity index (χ4v) is 3.55. The van der Waals surface area contributed by atoms with E-state index in [-0.39, 0.29) is 5.91 Å². The summed E-state index contributed by atoms with van der Waals surface area (Å²) in [5, 5.41) is 8.63. The van der Waals surface area contributed by atoms with Gasteiger partial charge in [0.25, 0.3) is 5.91 Å². The van der Waals surface area contributed by atoms with Gasteiger partial charge in [-0.3, -0.25) is 9.78 Å². The number of hydrogen-bond acceptors (Lipinski definition) is 7. The average Bonchev–Trinajstić information content (AvgIpc) is 2.88. The van der Waals surface area contributed by atoms with Crippen molar-refractivity contribution in [3.8, 4) is 0 Å². The van der Waals surface area contributed by atoms with Gasteiger partial charge in [-0.15, -0.1) is 0 Å². The molecular formula is C25H25BrN4O5.